The van der Waals surface area contributed by atoms with Crippen molar-refractivity contribution in [1.82, 2.24) is 4.98 Å². The SMILES string of the molecule is O=S(=O)(c1ccc2[nH]c3c(c2c1)CCCC3)N1CCc2ccccc21. The van der Waals surface area contributed by atoms with E-state index in [-0.39, 0.29) is 0 Å². The Kier molecular flexibility index (Phi) is 3.22. The van der Waals surface area contributed by atoms with Gasteiger partial charge in [0.2, 0.25) is 0 Å². The van der Waals surface area contributed by atoms with Crippen molar-refractivity contribution in [1.29, 1.82) is 0 Å². The third-order valence-electron chi connectivity index (χ3n) is 5.50. The molecule has 1 aromatic heterocycles. The van der Waals surface area contributed by atoms with Gasteiger partial charge in [-0.25, -0.2) is 8.42 Å². The maximum atomic E-state index is 13.2. The molecule has 0 fully saturated rings. The van der Waals surface area contributed by atoms with Crippen LogP contribution in [0.1, 0.15) is 29.7 Å². The van der Waals surface area contributed by atoms with Crippen LogP contribution >= 0.6 is 0 Å². The zero-order valence-corrected chi connectivity index (χ0v) is 14.8. The van der Waals surface area contributed by atoms with Crippen LogP contribution in [0.3, 0.4) is 0 Å². The number of fused-ring (bicyclic) bond motifs is 4. The Morgan fingerprint density at radius 2 is 1.80 bits per heavy atom. The molecule has 5 heteroatoms. The third-order valence-corrected chi connectivity index (χ3v) is 7.31. The number of aromatic nitrogens is 1. The summed E-state index contributed by atoms with van der Waals surface area (Å²) in [6, 6.07) is 13.3. The van der Waals surface area contributed by atoms with E-state index in [0.29, 0.717) is 11.4 Å². The van der Waals surface area contributed by atoms with Crippen LogP contribution in [0.2, 0.25) is 0 Å². The highest BCUT2D eigenvalue weighted by molar-refractivity contribution is 7.92. The lowest BCUT2D eigenvalue weighted by Crippen LogP contribution is -2.29. The predicted octanol–water partition coefficient (Wildman–Crippen LogP) is 3.80. The van der Waals surface area contributed by atoms with Crippen molar-refractivity contribution in [3.05, 3.63) is 59.3 Å². The number of nitrogens with one attached hydrogen (secondary N) is 1. The zero-order chi connectivity index (χ0) is 17.0. The summed E-state index contributed by atoms with van der Waals surface area (Å²) in [5, 5.41) is 1.07. The number of benzene rings is 2. The number of H-pyrrole nitrogens is 1. The van der Waals surface area contributed by atoms with Crippen LogP contribution in [0.15, 0.2) is 47.4 Å². The van der Waals surface area contributed by atoms with E-state index in [1.807, 2.05) is 36.4 Å². The fraction of sp³-hybridized carbons (Fsp3) is 0.300. The van der Waals surface area contributed by atoms with Gasteiger partial charge < -0.3 is 4.98 Å². The van der Waals surface area contributed by atoms with Crippen LogP contribution in [0, 0.1) is 0 Å². The normalized spacial score (nSPS) is 16.9. The lowest BCUT2D eigenvalue weighted by molar-refractivity contribution is 0.592. The van der Waals surface area contributed by atoms with Gasteiger partial charge in [-0.05, 0) is 67.5 Å². The summed E-state index contributed by atoms with van der Waals surface area (Å²) >= 11 is 0. The number of sulfonamides is 1. The van der Waals surface area contributed by atoms with E-state index in [4.69, 9.17) is 0 Å². The first-order valence-corrected chi connectivity index (χ1v) is 10.3. The standard InChI is InChI=1S/C20H20N2O2S/c23-25(24,22-12-11-14-5-1-4-8-20(14)22)15-9-10-19-17(13-15)16-6-2-3-7-18(16)21-19/h1,4-5,8-10,13,21H,2-3,6-7,11-12H2. The first kappa shape index (κ1) is 15.0. The second kappa shape index (κ2) is 5.36. The molecule has 128 valence electrons. The van der Waals surface area contributed by atoms with E-state index in [0.717, 1.165) is 41.4 Å². The van der Waals surface area contributed by atoms with Gasteiger partial charge in [0.1, 0.15) is 0 Å². The molecule has 0 unspecified atom stereocenters. The molecule has 0 amide bonds. The van der Waals surface area contributed by atoms with Gasteiger partial charge in [0, 0.05) is 23.1 Å². The third kappa shape index (κ3) is 2.22. The molecule has 0 bridgehead atoms. The molecule has 25 heavy (non-hydrogen) atoms. The summed E-state index contributed by atoms with van der Waals surface area (Å²) in [7, 11) is -3.53. The molecule has 0 radical (unpaired) electrons. The highest BCUT2D eigenvalue weighted by atomic mass is 32.2. The number of aryl methyl sites for hydroxylation is 2. The van der Waals surface area contributed by atoms with Gasteiger partial charge >= 0.3 is 0 Å². The maximum absolute atomic E-state index is 13.2. The van der Waals surface area contributed by atoms with Crippen molar-refractivity contribution in [2.24, 2.45) is 0 Å². The minimum Gasteiger partial charge on any atom is -0.358 e. The smallest absolute Gasteiger partial charge is 0.264 e. The number of rotatable bonds is 2. The lowest BCUT2D eigenvalue weighted by Gasteiger charge is -2.19. The minimum atomic E-state index is -3.53. The number of hydrogen-bond acceptors (Lipinski definition) is 2. The minimum absolute atomic E-state index is 0.393. The monoisotopic (exact) mass is 352 g/mol. The van der Waals surface area contributed by atoms with Crippen LogP contribution in [-0.2, 0) is 29.3 Å². The second-order valence-electron chi connectivity index (χ2n) is 6.95. The molecular formula is C20H20N2O2S. The largest absolute Gasteiger partial charge is 0.358 e. The summed E-state index contributed by atoms with van der Waals surface area (Å²) < 4.78 is 28.1. The first-order chi connectivity index (χ1) is 12.1. The summed E-state index contributed by atoms with van der Waals surface area (Å²) in [6.45, 7) is 0.519. The zero-order valence-electron chi connectivity index (χ0n) is 14.0. The molecule has 1 aliphatic carbocycles. The molecule has 1 aliphatic heterocycles. The molecule has 4 nitrogen and oxygen atoms in total. The summed E-state index contributed by atoms with van der Waals surface area (Å²) in [4.78, 5) is 3.86. The molecular weight excluding hydrogens is 332 g/mol. The van der Waals surface area contributed by atoms with Crippen LogP contribution < -0.4 is 4.31 Å². The number of aromatic amines is 1. The lowest BCUT2D eigenvalue weighted by atomic mass is 9.96. The van der Waals surface area contributed by atoms with Gasteiger partial charge in [-0.1, -0.05) is 18.2 Å². The van der Waals surface area contributed by atoms with Crippen LogP contribution in [0.25, 0.3) is 10.9 Å². The van der Waals surface area contributed by atoms with Crippen molar-refractivity contribution in [3.8, 4) is 0 Å². The van der Waals surface area contributed by atoms with E-state index >= 15 is 0 Å². The summed E-state index contributed by atoms with van der Waals surface area (Å²) in [5.41, 5.74) is 5.56. The molecule has 5 rings (SSSR count). The molecule has 0 saturated heterocycles. The van der Waals surface area contributed by atoms with Crippen molar-refractivity contribution in [2.45, 2.75) is 37.0 Å². The van der Waals surface area contributed by atoms with Crippen molar-refractivity contribution < 1.29 is 8.42 Å². The average Bonchev–Trinajstić information content (AvgIpc) is 3.23. The van der Waals surface area contributed by atoms with Gasteiger partial charge in [0.25, 0.3) is 10.0 Å². The molecule has 2 aromatic carbocycles. The van der Waals surface area contributed by atoms with Gasteiger partial charge in [-0.2, -0.15) is 0 Å². The number of hydrogen-bond donors (Lipinski definition) is 1. The van der Waals surface area contributed by atoms with Crippen LogP contribution in [0.5, 0.6) is 0 Å². The summed E-state index contributed by atoms with van der Waals surface area (Å²) in [5.74, 6) is 0. The second-order valence-corrected chi connectivity index (χ2v) is 8.81. The van der Waals surface area contributed by atoms with E-state index in [1.54, 1.807) is 10.4 Å². The molecule has 2 aliphatic rings. The Morgan fingerprint density at radius 3 is 2.72 bits per heavy atom. The van der Waals surface area contributed by atoms with Crippen molar-refractivity contribution in [2.75, 3.05) is 10.8 Å². The Hall–Kier alpha value is -2.27. The predicted molar refractivity (Wildman–Crippen MR) is 99.6 cm³/mol. The summed E-state index contributed by atoms with van der Waals surface area (Å²) in [6.07, 6.45) is 5.25. The van der Waals surface area contributed by atoms with Gasteiger partial charge in [-0.15, -0.1) is 0 Å². The Bertz CT molecular complexity index is 1080. The molecule has 3 aromatic rings. The highest BCUT2D eigenvalue weighted by Gasteiger charge is 2.31. The van der Waals surface area contributed by atoms with Crippen molar-refractivity contribution in [3.63, 3.8) is 0 Å². The number of anilines is 1. The van der Waals surface area contributed by atoms with Crippen LogP contribution in [0.4, 0.5) is 5.69 Å². The molecule has 2 heterocycles. The topological polar surface area (TPSA) is 53.2 Å². The van der Waals surface area contributed by atoms with Gasteiger partial charge in [0.15, 0.2) is 0 Å². The Morgan fingerprint density at radius 1 is 0.960 bits per heavy atom. The molecule has 0 spiro atoms. The van der Waals surface area contributed by atoms with E-state index < -0.39 is 10.0 Å². The number of nitrogens with zero attached hydrogens (tertiary/aromatic N) is 1. The van der Waals surface area contributed by atoms with Crippen LogP contribution in [-0.4, -0.2) is 19.9 Å². The molecule has 1 N–H and O–H groups in total. The quantitative estimate of drug-likeness (QED) is 0.763. The fourth-order valence-electron chi connectivity index (χ4n) is 4.23. The van der Waals surface area contributed by atoms with E-state index in [2.05, 4.69) is 4.98 Å². The molecule has 0 saturated carbocycles. The van der Waals surface area contributed by atoms with Crippen molar-refractivity contribution >= 4 is 26.6 Å². The maximum Gasteiger partial charge on any atom is 0.264 e. The first-order valence-electron chi connectivity index (χ1n) is 8.89. The fourth-order valence-corrected chi connectivity index (χ4v) is 5.76. The van der Waals surface area contributed by atoms with Gasteiger partial charge in [0.05, 0.1) is 10.6 Å². The van der Waals surface area contributed by atoms with E-state index in [9.17, 15) is 8.42 Å². The van der Waals surface area contributed by atoms with Gasteiger partial charge in [-0.3, -0.25) is 4.31 Å². The Labute approximate surface area is 147 Å². The van der Waals surface area contributed by atoms with E-state index in [1.165, 1.54) is 24.1 Å². The molecule has 0 atom stereocenters. The Balaban J connectivity index is 1.63. The average molecular weight is 352 g/mol. The highest BCUT2D eigenvalue weighted by Crippen LogP contribution is 2.35. The number of para-hydroxylation sites is 1.